The van der Waals surface area contributed by atoms with Crippen LogP contribution in [0.4, 0.5) is 11.4 Å². The molecule has 2 aromatic rings. The van der Waals surface area contributed by atoms with Gasteiger partial charge in [0.25, 0.3) is 10.0 Å². The number of nitrogens with two attached hydrogens (primary N) is 1. The molecular weight excluding hydrogens is 335 g/mol. The molecule has 2 aromatic carbocycles. The van der Waals surface area contributed by atoms with Crippen LogP contribution in [0, 0.1) is 0 Å². The van der Waals surface area contributed by atoms with Gasteiger partial charge in [-0.25, -0.2) is 8.42 Å². The summed E-state index contributed by atoms with van der Waals surface area (Å²) in [5.41, 5.74) is 5.94. The maximum atomic E-state index is 12.4. The molecule has 0 fully saturated rings. The third-order valence-corrected chi connectivity index (χ3v) is 4.68. The summed E-state index contributed by atoms with van der Waals surface area (Å²) in [6.07, 6.45) is 0. The summed E-state index contributed by atoms with van der Waals surface area (Å²) < 4.78 is 32.1. The van der Waals surface area contributed by atoms with E-state index in [0.29, 0.717) is 10.8 Å². The van der Waals surface area contributed by atoms with E-state index in [9.17, 15) is 8.42 Å². The minimum Gasteiger partial charge on any atom is -0.497 e. The number of hydrogen-bond donors (Lipinski definition) is 2. The van der Waals surface area contributed by atoms with Crippen molar-refractivity contribution in [3.63, 3.8) is 0 Å². The number of halogens is 2. The van der Waals surface area contributed by atoms with Crippen LogP contribution in [0.25, 0.3) is 0 Å². The van der Waals surface area contributed by atoms with Gasteiger partial charge in [0.2, 0.25) is 0 Å². The molecule has 8 heteroatoms. The topological polar surface area (TPSA) is 81.4 Å². The molecule has 3 N–H and O–H groups in total. The van der Waals surface area contributed by atoms with Gasteiger partial charge < -0.3 is 10.5 Å². The lowest BCUT2D eigenvalue weighted by Crippen LogP contribution is -2.15. The second-order valence-corrected chi connectivity index (χ2v) is 6.63. The molecule has 112 valence electrons. The molecular formula is C13H12Cl2N2O3S. The SMILES string of the molecule is COc1ccc(Cl)c(NS(=O)(=O)c2ccc(Cl)cc2N)c1. The number of anilines is 2. The first-order chi connectivity index (χ1) is 9.83. The zero-order chi connectivity index (χ0) is 15.6. The zero-order valence-electron chi connectivity index (χ0n) is 10.9. The van der Waals surface area contributed by atoms with Gasteiger partial charge in [-0.15, -0.1) is 0 Å². The van der Waals surface area contributed by atoms with Crippen LogP contribution in [0.3, 0.4) is 0 Å². The molecule has 0 amide bonds. The van der Waals surface area contributed by atoms with Gasteiger partial charge in [-0.3, -0.25) is 4.72 Å². The largest absolute Gasteiger partial charge is 0.497 e. The number of methoxy groups -OCH3 is 1. The van der Waals surface area contributed by atoms with Gasteiger partial charge in [-0.2, -0.15) is 0 Å². The van der Waals surface area contributed by atoms with Crippen LogP contribution in [0.5, 0.6) is 5.75 Å². The van der Waals surface area contributed by atoms with E-state index in [1.54, 1.807) is 6.07 Å². The number of sulfonamides is 1. The summed E-state index contributed by atoms with van der Waals surface area (Å²) >= 11 is 11.7. The molecule has 0 aromatic heterocycles. The molecule has 0 atom stereocenters. The van der Waals surface area contributed by atoms with Gasteiger partial charge in [0.15, 0.2) is 0 Å². The molecule has 0 aliphatic heterocycles. The number of benzene rings is 2. The Morgan fingerprint density at radius 2 is 1.86 bits per heavy atom. The van der Waals surface area contributed by atoms with E-state index in [1.165, 1.54) is 37.4 Å². The fourth-order valence-corrected chi connectivity index (χ4v) is 3.26. The maximum Gasteiger partial charge on any atom is 0.263 e. The lowest BCUT2D eigenvalue weighted by atomic mass is 10.3. The molecule has 0 aliphatic rings. The summed E-state index contributed by atoms with van der Waals surface area (Å²) in [4.78, 5) is -0.0780. The molecule has 21 heavy (non-hydrogen) atoms. The van der Waals surface area contributed by atoms with Crippen LogP contribution < -0.4 is 15.2 Å². The molecule has 2 rings (SSSR count). The van der Waals surface area contributed by atoms with Crippen molar-refractivity contribution in [3.8, 4) is 5.75 Å². The molecule has 0 aliphatic carbocycles. The van der Waals surface area contributed by atoms with Gasteiger partial charge >= 0.3 is 0 Å². The number of rotatable bonds is 4. The standard InChI is InChI=1S/C13H12Cl2N2O3S/c1-20-9-3-4-10(15)12(7-9)17-21(18,19)13-5-2-8(14)6-11(13)16/h2-7,17H,16H2,1H3. The van der Waals surface area contributed by atoms with Gasteiger partial charge in [-0.1, -0.05) is 23.2 Å². The van der Waals surface area contributed by atoms with Crippen LogP contribution >= 0.6 is 23.2 Å². The smallest absolute Gasteiger partial charge is 0.263 e. The summed E-state index contributed by atoms with van der Waals surface area (Å²) in [6, 6.07) is 8.77. The van der Waals surface area contributed by atoms with Crippen molar-refractivity contribution in [2.75, 3.05) is 17.6 Å². The monoisotopic (exact) mass is 346 g/mol. The highest BCUT2D eigenvalue weighted by molar-refractivity contribution is 7.92. The Kier molecular flexibility index (Phi) is 4.51. The van der Waals surface area contributed by atoms with E-state index < -0.39 is 10.0 Å². The molecule has 0 spiro atoms. The normalized spacial score (nSPS) is 11.2. The summed E-state index contributed by atoms with van der Waals surface area (Å²) in [6.45, 7) is 0. The van der Waals surface area contributed by atoms with Gasteiger partial charge in [0.05, 0.1) is 23.5 Å². The first kappa shape index (κ1) is 15.8. The Bertz CT molecular complexity index is 779. The van der Waals surface area contributed by atoms with Crippen molar-refractivity contribution in [1.82, 2.24) is 0 Å². The van der Waals surface area contributed by atoms with Crippen molar-refractivity contribution in [1.29, 1.82) is 0 Å². The molecule has 0 saturated heterocycles. The number of nitrogens with one attached hydrogen (secondary N) is 1. The lowest BCUT2D eigenvalue weighted by Gasteiger charge is -2.12. The highest BCUT2D eigenvalue weighted by Crippen LogP contribution is 2.30. The number of ether oxygens (including phenoxy) is 1. The van der Waals surface area contributed by atoms with E-state index in [1.807, 2.05) is 0 Å². The lowest BCUT2D eigenvalue weighted by molar-refractivity contribution is 0.415. The average molecular weight is 347 g/mol. The number of hydrogen-bond acceptors (Lipinski definition) is 4. The summed E-state index contributed by atoms with van der Waals surface area (Å²) in [5, 5.41) is 0.595. The first-order valence-corrected chi connectivity index (χ1v) is 7.99. The van der Waals surface area contributed by atoms with Crippen LogP contribution in [-0.4, -0.2) is 15.5 Å². The van der Waals surface area contributed by atoms with Crippen molar-refractivity contribution in [2.24, 2.45) is 0 Å². The van der Waals surface area contributed by atoms with Crippen molar-refractivity contribution in [3.05, 3.63) is 46.4 Å². The predicted molar refractivity (Wildman–Crippen MR) is 84.7 cm³/mol. The second kappa shape index (κ2) is 6.01. The van der Waals surface area contributed by atoms with Gasteiger partial charge in [0.1, 0.15) is 10.6 Å². The summed E-state index contributed by atoms with van der Waals surface area (Å²) in [5.74, 6) is 0.473. The third-order valence-electron chi connectivity index (χ3n) is 2.68. The van der Waals surface area contributed by atoms with E-state index in [4.69, 9.17) is 33.7 Å². The minimum atomic E-state index is -3.88. The Labute approximate surface area is 132 Å². The fraction of sp³-hybridized carbons (Fsp3) is 0.0769. The van der Waals surface area contributed by atoms with E-state index in [-0.39, 0.29) is 21.3 Å². The van der Waals surface area contributed by atoms with E-state index >= 15 is 0 Å². The average Bonchev–Trinajstić information content (AvgIpc) is 2.40. The Morgan fingerprint density at radius 1 is 1.14 bits per heavy atom. The zero-order valence-corrected chi connectivity index (χ0v) is 13.3. The Hall–Kier alpha value is -1.63. The molecule has 0 saturated carbocycles. The van der Waals surface area contributed by atoms with Crippen LogP contribution in [0.15, 0.2) is 41.3 Å². The Balaban J connectivity index is 2.42. The predicted octanol–water partition coefficient (Wildman–Crippen LogP) is 3.39. The fourth-order valence-electron chi connectivity index (χ4n) is 1.67. The summed E-state index contributed by atoms with van der Waals surface area (Å²) in [7, 11) is -2.41. The van der Waals surface area contributed by atoms with Gasteiger partial charge in [-0.05, 0) is 30.3 Å². The second-order valence-electron chi connectivity index (χ2n) is 4.13. The first-order valence-electron chi connectivity index (χ1n) is 5.75. The van der Waals surface area contributed by atoms with Crippen LogP contribution in [-0.2, 0) is 10.0 Å². The van der Waals surface area contributed by atoms with Gasteiger partial charge in [0, 0.05) is 11.1 Å². The number of nitrogen functional groups attached to an aromatic ring is 1. The highest BCUT2D eigenvalue weighted by Gasteiger charge is 2.19. The third kappa shape index (κ3) is 3.53. The van der Waals surface area contributed by atoms with Crippen LogP contribution in [0.2, 0.25) is 10.0 Å². The van der Waals surface area contributed by atoms with Crippen molar-refractivity contribution < 1.29 is 13.2 Å². The van der Waals surface area contributed by atoms with E-state index in [0.717, 1.165) is 0 Å². The molecule has 0 bridgehead atoms. The van der Waals surface area contributed by atoms with Crippen LogP contribution in [0.1, 0.15) is 0 Å². The minimum absolute atomic E-state index is 0.0500. The van der Waals surface area contributed by atoms with Crippen molar-refractivity contribution in [2.45, 2.75) is 4.90 Å². The molecule has 5 nitrogen and oxygen atoms in total. The molecule has 0 unspecified atom stereocenters. The Morgan fingerprint density at radius 3 is 2.48 bits per heavy atom. The molecule has 0 heterocycles. The van der Waals surface area contributed by atoms with E-state index in [2.05, 4.69) is 4.72 Å². The van der Waals surface area contributed by atoms with Crippen molar-refractivity contribution >= 4 is 44.6 Å². The quantitative estimate of drug-likeness (QED) is 0.831. The highest BCUT2D eigenvalue weighted by atomic mass is 35.5. The molecule has 0 radical (unpaired) electrons. The maximum absolute atomic E-state index is 12.4.